The van der Waals surface area contributed by atoms with Crippen molar-refractivity contribution in [2.45, 2.75) is 72.4 Å². The highest BCUT2D eigenvalue weighted by atomic mass is 19.1. The molecule has 0 radical (unpaired) electrons. The largest absolute Gasteiger partial charge is 0.247 e. The lowest BCUT2D eigenvalue weighted by atomic mass is 9.68. The zero-order valence-electron chi connectivity index (χ0n) is 11.4. The molecule has 0 amide bonds. The fraction of sp³-hybridized carbons (Fsp3) is 0.867. The van der Waals surface area contributed by atoms with Crippen LogP contribution in [-0.4, -0.2) is 6.17 Å². The van der Waals surface area contributed by atoms with E-state index >= 15 is 0 Å². The molecule has 0 nitrogen and oxygen atoms in total. The fourth-order valence-electron chi connectivity index (χ4n) is 2.97. The molecule has 94 valence electrons. The summed E-state index contributed by atoms with van der Waals surface area (Å²) < 4.78 is 13.7. The van der Waals surface area contributed by atoms with Crippen molar-refractivity contribution < 1.29 is 4.39 Å². The molecule has 16 heavy (non-hydrogen) atoms. The lowest BCUT2D eigenvalue weighted by molar-refractivity contribution is 0.173. The van der Waals surface area contributed by atoms with Crippen LogP contribution in [0.1, 0.15) is 66.2 Å². The second kappa shape index (κ2) is 5.84. The van der Waals surface area contributed by atoms with E-state index in [1.54, 1.807) is 0 Å². The first-order valence-electron chi connectivity index (χ1n) is 6.86. The Labute approximate surface area is 100 Å². The number of hydrogen-bond acceptors (Lipinski definition) is 0. The van der Waals surface area contributed by atoms with Crippen LogP contribution in [0.5, 0.6) is 0 Å². The average Bonchev–Trinajstić information content (AvgIpc) is 2.24. The van der Waals surface area contributed by atoms with Gasteiger partial charge in [0.15, 0.2) is 0 Å². The van der Waals surface area contributed by atoms with E-state index in [2.05, 4.69) is 26.8 Å². The van der Waals surface area contributed by atoms with Crippen LogP contribution in [0.2, 0.25) is 0 Å². The van der Waals surface area contributed by atoms with Gasteiger partial charge in [-0.3, -0.25) is 0 Å². The Morgan fingerprint density at radius 3 is 2.69 bits per heavy atom. The Bertz CT molecular complexity index is 244. The summed E-state index contributed by atoms with van der Waals surface area (Å²) in [5.74, 6) is 0.699. The van der Waals surface area contributed by atoms with E-state index in [-0.39, 0.29) is 5.41 Å². The highest BCUT2D eigenvalue weighted by Crippen LogP contribution is 2.44. The van der Waals surface area contributed by atoms with Crippen LogP contribution in [-0.2, 0) is 0 Å². The predicted molar refractivity (Wildman–Crippen MR) is 69.3 cm³/mol. The van der Waals surface area contributed by atoms with E-state index < -0.39 is 6.17 Å². The molecule has 0 saturated carbocycles. The van der Waals surface area contributed by atoms with Crippen LogP contribution in [0.4, 0.5) is 4.39 Å². The van der Waals surface area contributed by atoms with Gasteiger partial charge >= 0.3 is 0 Å². The number of halogens is 1. The highest BCUT2D eigenvalue weighted by molar-refractivity contribution is 5.14. The number of hydrogen-bond donors (Lipinski definition) is 0. The Morgan fingerprint density at radius 1 is 1.50 bits per heavy atom. The molecule has 0 N–H and O–H groups in total. The van der Waals surface area contributed by atoms with E-state index in [9.17, 15) is 4.39 Å². The maximum absolute atomic E-state index is 13.7. The number of rotatable bonds is 5. The molecule has 2 unspecified atom stereocenters. The van der Waals surface area contributed by atoms with Crippen LogP contribution in [0, 0.1) is 11.3 Å². The van der Waals surface area contributed by atoms with Crippen molar-refractivity contribution in [1.29, 1.82) is 0 Å². The molecule has 1 aliphatic carbocycles. The number of alkyl halides is 1. The molecule has 0 aliphatic heterocycles. The summed E-state index contributed by atoms with van der Waals surface area (Å²) in [6.07, 6.45) is 7.90. The minimum atomic E-state index is -0.621. The molecular formula is C15H27F. The summed E-state index contributed by atoms with van der Waals surface area (Å²) in [6, 6.07) is 0. The van der Waals surface area contributed by atoms with Crippen LogP contribution in [0.25, 0.3) is 0 Å². The second-order valence-corrected chi connectivity index (χ2v) is 5.65. The monoisotopic (exact) mass is 226 g/mol. The summed E-state index contributed by atoms with van der Waals surface area (Å²) in [7, 11) is 0. The van der Waals surface area contributed by atoms with Gasteiger partial charge in [-0.15, -0.1) is 0 Å². The predicted octanol–water partition coefficient (Wildman–Crippen LogP) is 5.29. The van der Waals surface area contributed by atoms with Crippen molar-refractivity contribution in [3.63, 3.8) is 0 Å². The van der Waals surface area contributed by atoms with Crippen molar-refractivity contribution in [1.82, 2.24) is 0 Å². The second-order valence-electron chi connectivity index (χ2n) is 5.65. The maximum Gasteiger partial charge on any atom is 0.101 e. The summed E-state index contributed by atoms with van der Waals surface area (Å²) in [5.41, 5.74) is 1.64. The summed E-state index contributed by atoms with van der Waals surface area (Å²) >= 11 is 0. The molecule has 0 aromatic rings. The van der Waals surface area contributed by atoms with Crippen LogP contribution < -0.4 is 0 Å². The molecule has 0 spiro atoms. The van der Waals surface area contributed by atoms with Gasteiger partial charge in [-0.05, 0) is 50.4 Å². The fourth-order valence-corrected chi connectivity index (χ4v) is 2.97. The van der Waals surface area contributed by atoms with Gasteiger partial charge < -0.3 is 0 Å². The average molecular weight is 226 g/mol. The Hall–Kier alpha value is -0.330. The first-order chi connectivity index (χ1) is 7.53. The van der Waals surface area contributed by atoms with Gasteiger partial charge in [0.05, 0.1) is 0 Å². The van der Waals surface area contributed by atoms with E-state index in [1.165, 1.54) is 18.4 Å². The Balaban J connectivity index is 2.80. The van der Waals surface area contributed by atoms with Gasteiger partial charge in [-0.1, -0.05) is 38.8 Å². The third kappa shape index (κ3) is 3.33. The summed E-state index contributed by atoms with van der Waals surface area (Å²) in [6.45, 7) is 8.66. The standard InChI is InChI=1S/C15H27F/c1-5-8-15(11-14(16)6-2)9-7-12(3)13(4)10-15/h10,12,14H,5-9,11H2,1-4H3/t12?,14-,15?/m0/s1. The van der Waals surface area contributed by atoms with E-state index in [0.717, 1.165) is 19.3 Å². The van der Waals surface area contributed by atoms with Gasteiger partial charge in [-0.25, -0.2) is 4.39 Å². The normalized spacial score (nSPS) is 32.3. The molecule has 0 aromatic carbocycles. The SMILES string of the molecule is CCCC1(C[C@@H](F)CC)C=C(C)C(C)CC1. The van der Waals surface area contributed by atoms with Gasteiger partial charge in [0, 0.05) is 0 Å². The molecule has 0 heterocycles. The molecule has 1 aliphatic rings. The van der Waals surface area contributed by atoms with E-state index in [4.69, 9.17) is 0 Å². The van der Waals surface area contributed by atoms with Crippen molar-refractivity contribution in [3.8, 4) is 0 Å². The molecule has 0 bridgehead atoms. The lowest BCUT2D eigenvalue weighted by Crippen LogP contribution is -2.27. The molecule has 0 fully saturated rings. The van der Waals surface area contributed by atoms with Crippen LogP contribution in [0.3, 0.4) is 0 Å². The third-order valence-electron chi connectivity index (χ3n) is 4.21. The number of allylic oxidation sites excluding steroid dienone is 2. The molecular weight excluding hydrogens is 199 g/mol. The first-order valence-corrected chi connectivity index (χ1v) is 6.86. The van der Waals surface area contributed by atoms with E-state index in [1.807, 2.05) is 6.92 Å². The molecule has 1 heteroatoms. The smallest absolute Gasteiger partial charge is 0.101 e. The maximum atomic E-state index is 13.7. The molecule has 3 atom stereocenters. The van der Waals surface area contributed by atoms with Gasteiger partial charge in [0.1, 0.15) is 6.17 Å². The zero-order chi connectivity index (χ0) is 12.2. The topological polar surface area (TPSA) is 0 Å². The van der Waals surface area contributed by atoms with Crippen LogP contribution in [0.15, 0.2) is 11.6 Å². The van der Waals surface area contributed by atoms with Gasteiger partial charge in [-0.2, -0.15) is 0 Å². The first kappa shape index (κ1) is 13.7. The minimum absolute atomic E-state index is 0.167. The summed E-state index contributed by atoms with van der Waals surface area (Å²) in [5, 5.41) is 0. The van der Waals surface area contributed by atoms with Crippen molar-refractivity contribution in [2.24, 2.45) is 11.3 Å². The molecule has 0 aromatic heterocycles. The Kier molecular flexibility index (Phi) is 5.01. The van der Waals surface area contributed by atoms with E-state index in [0.29, 0.717) is 12.3 Å². The van der Waals surface area contributed by atoms with Crippen molar-refractivity contribution in [3.05, 3.63) is 11.6 Å². The zero-order valence-corrected chi connectivity index (χ0v) is 11.4. The quantitative estimate of drug-likeness (QED) is 0.559. The highest BCUT2D eigenvalue weighted by Gasteiger charge is 2.33. The van der Waals surface area contributed by atoms with Crippen molar-refractivity contribution in [2.75, 3.05) is 0 Å². The van der Waals surface area contributed by atoms with Crippen LogP contribution >= 0.6 is 0 Å². The molecule has 0 saturated heterocycles. The van der Waals surface area contributed by atoms with Crippen molar-refractivity contribution >= 4 is 0 Å². The summed E-state index contributed by atoms with van der Waals surface area (Å²) in [4.78, 5) is 0. The van der Waals surface area contributed by atoms with Gasteiger partial charge in [0.2, 0.25) is 0 Å². The lowest BCUT2D eigenvalue weighted by Gasteiger charge is -2.38. The molecule has 1 rings (SSSR count). The Morgan fingerprint density at radius 2 is 2.19 bits per heavy atom. The third-order valence-corrected chi connectivity index (χ3v) is 4.21. The van der Waals surface area contributed by atoms with Gasteiger partial charge in [0.25, 0.3) is 0 Å². The minimum Gasteiger partial charge on any atom is -0.247 e.